The Kier molecular flexibility index (Phi) is 3.69. The van der Waals surface area contributed by atoms with Crippen LogP contribution in [0.1, 0.15) is 39.9 Å². The Hall–Kier alpha value is -2.08. The molecule has 0 bridgehead atoms. The molecule has 4 rings (SSSR count). The minimum absolute atomic E-state index is 0.0201. The molecule has 0 saturated carbocycles. The van der Waals surface area contributed by atoms with Crippen molar-refractivity contribution in [3.63, 3.8) is 0 Å². The zero-order valence-corrected chi connectivity index (χ0v) is 13.8. The van der Waals surface area contributed by atoms with Crippen molar-refractivity contribution in [3.8, 4) is 11.5 Å². The minimum atomic E-state index is 0.0201. The number of fused-ring (bicyclic) bond motifs is 1. The number of hydrogen-bond acceptors (Lipinski definition) is 5. The first-order chi connectivity index (χ1) is 11.2. The molecule has 6 heteroatoms. The van der Waals surface area contributed by atoms with E-state index in [1.54, 1.807) is 0 Å². The van der Waals surface area contributed by atoms with Gasteiger partial charge < -0.3 is 14.4 Å². The molecule has 1 amide bonds. The van der Waals surface area contributed by atoms with Crippen molar-refractivity contribution < 1.29 is 14.3 Å². The lowest BCUT2D eigenvalue weighted by molar-refractivity contribution is 0.0730. The van der Waals surface area contributed by atoms with Crippen molar-refractivity contribution in [1.29, 1.82) is 0 Å². The molecule has 0 aliphatic carbocycles. The second kappa shape index (κ2) is 5.85. The van der Waals surface area contributed by atoms with Crippen LogP contribution in [-0.4, -0.2) is 35.5 Å². The van der Waals surface area contributed by atoms with Gasteiger partial charge in [-0.25, -0.2) is 4.98 Å². The van der Waals surface area contributed by atoms with Crippen LogP contribution < -0.4 is 9.47 Å². The second-order valence-corrected chi connectivity index (χ2v) is 6.87. The van der Waals surface area contributed by atoms with Gasteiger partial charge in [0.1, 0.15) is 18.9 Å². The Labute approximate surface area is 138 Å². The first-order valence-corrected chi connectivity index (χ1v) is 8.73. The fourth-order valence-electron chi connectivity index (χ4n) is 3.23. The van der Waals surface area contributed by atoms with Crippen molar-refractivity contribution in [2.24, 2.45) is 0 Å². The van der Waals surface area contributed by atoms with Gasteiger partial charge in [-0.05, 0) is 37.5 Å². The smallest absolute Gasteiger partial charge is 0.273 e. The predicted octanol–water partition coefficient (Wildman–Crippen LogP) is 3.20. The van der Waals surface area contributed by atoms with Crippen LogP contribution in [0, 0.1) is 6.92 Å². The summed E-state index contributed by atoms with van der Waals surface area (Å²) in [5.74, 6) is 1.58. The standard InChI is InChI=1S/C17H18N2O3S/c1-11-18-13(10-23-11)17(20)19-6-2-3-14(19)12-4-5-15-16(9-12)22-8-7-21-15/h4-5,9-10,14H,2-3,6-8H2,1H3/t14-/m0/s1. The molecule has 120 valence electrons. The molecule has 0 radical (unpaired) electrons. The van der Waals surface area contributed by atoms with Crippen LogP contribution in [0.2, 0.25) is 0 Å². The molecule has 0 spiro atoms. The molecular formula is C17H18N2O3S. The van der Waals surface area contributed by atoms with Crippen molar-refractivity contribution >= 4 is 17.2 Å². The number of aromatic nitrogens is 1. The summed E-state index contributed by atoms with van der Waals surface area (Å²) < 4.78 is 11.2. The van der Waals surface area contributed by atoms with E-state index in [1.165, 1.54) is 11.3 Å². The van der Waals surface area contributed by atoms with Gasteiger partial charge in [-0.15, -0.1) is 11.3 Å². The lowest BCUT2D eigenvalue weighted by atomic mass is 10.0. The first-order valence-electron chi connectivity index (χ1n) is 7.85. The summed E-state index contributed by atoms with van der Waals surface area (Å²) in [4.78, 5) is 19.0. The molecular weight excluding hydrogens is 312 g/mol. The maximum absolute atomic E-state index is 12.7. The van der Waals surface area contributed by atoms with E-state index in [2.05, 4.69) is 4.98 Å². The third-order valence-corrected chi connectivity index (χ3v) is 5.08. The fraction of sp³-hybridized carbons (Fsp3) is 0.412. The highest BCUT2D eigenvalue weighted by Gasteiger charge is 2.32. The minimum Gasteiger partial charge on any atom is -0.486 e. The van der Waals surface area contributed by atoms with Gasteiger partial charge in [-0.1, -0.05) is 6.07 Å². The van der Waals surface area contributed by atoms with Gasteiger partial charge in [0.15, 0.2) is 11.5 Å². The fourth-order valence-corrected chi connectivity index (χ4v) is 3.82. The quantitative estimate of drug-likeness (QED) is 0.848. The monoisotopic (exact) mass is 330 g/mol. The Morgan fingerprint density at radius 1 is 1.30 bits per heavy atom. The van der Waals surface area contributed by atoms with E-state index in [0.717, 1.165) is 41.5 Å². The summed E-state index contributed by atoms with van der Waals surface area (Å²) in [5.41, 5.74) is 1.66. The van der Waals surface area contributed by atoms with Gasteiger partial charge in [-0.2, -0.15) is 0 Å². The summed E-state index contributed by atoms with van der Waals surface area (Å²) in [6, 6.07) is 6.07. The van der Waals surface area contributed by atoms with Gasteiger partial charge in [-0.3, -0.25) is 4.79 Å². The number of carbonyl (C=O) groups excluding carboxylic acids is 1. The molecule has 2 aliphatic heterocycles. The molecule has 0 unspecified atom stereocenters. The van der Waals surface area contributed by atoms with Crippen LogP contribution in [0.5, 0.6) is 11.5 Å². The number of rotatable bonds is 2. The zero-order chi connectivity index (χ0) is 15.8. The molecule has 1 atom stereocenters. The zero-order valence-electron chi connectivity index (χ0n) is 12.9. The molecule has 2 aromatic rings. The number of amides is 1. The summed E-state index contributed by atoms with van der Waals surface area (Å²) in [7, 11) is 0. The molecule has 1 fully saturated rings. The van der Waals surface area contributed by atoms with Gasteiger partial charge in [0.25, 0.3) is 5.91 Å². The third-order valence-electron chi connectivity index (χ3n) is 4.30. The van der Waals surface area contributed by atoms with E-state index in [4.69, 9.17) is 9.47 Å². The van der Waals surface area contributed by atoms with Crippen molar-refractivity contribution in [1.82, 2.24) is 9.88 Å². The molecule has 1 aromatic heterocycles. The van der Waals surface area contributed by atoms with Crippen molar-refractivity contribution in [2.45, 2.75) is 25.8 Å². The Morgan fingerprint density at radius 3 is 2.91 bits per heavy atom. The number of benzene rings is 1. The molecule has 23 heavy (non-hydrogen) atoms. The Balaban J connectivity index is 1.61. The second-order valence-electron chi connectivity index (χ2n) is 5.81. The highest BCUT2D eigenvalue weighted by Crippen LogP contribution is 2.38. The number of aryl methyl sites for hydroxylation is 1. The lowest BCUT2D eigenvalue weighted by Crippen LogP contribution is -2.31. The van der Waals surface area contributed by atoms with Gasteiger partial charge in [0, 0.05) is 11.9 Å². The predicted molar refractivity (Wildman–Crippen MR) is 87.3 cm³/mol. The Bertz CT molecular complexity index is 743. The number of hydrogen-bond donors (Lipinski definition) is 0. The molecule has 3 heterocycles. The van der Waals surface area contributed by atoms with E-state index in [9.17, 15) is 4.79 Å². The topological polar surface area (TPSA) is 51.7 Å². The van der Waals surface area contributed by atoms with E-state index >= 15 is 0 Å². The molecule has 5 nitrogen and oxygen atoms in total. The molecule has 1 saturated heterocycles. The van der Waals surface area contributed by atoms with Gasteiger partial charge >= 0.3 is 0 Å². The summed E-state index contributed by atoms with van der Waals surface area (Å²) in [6.45, 7) is 3.85. The van der Waals surface area contributed by atoms with Crippen LogP contribution in [0.3, 0.4) is 0 Å². The average molecular weight is 330 g/mol. The molecule has 1 aromatic carbocycles. The van der Waals surface area contributed by atoms with Crippen LogP contribution in [-0.2, 0) is 0 Å². The first kappa shape index (κ1) is 14.5. The molecule has 0 N–H and O–H groups in total. The Morgan fingerprint density at radius 2 is 2.13 bits per heavy atom. The lowest BCUT2D eigenvalue weighted by Gasteiger charge is -2.26. The number of ether oxygens (including phenoxy) is 2. The average Bonchev–Trinajstić information content (AvgIpc) is 3.23. The summed E-state index contributed by atoms with van der Waals surface area (Å²) in [6.07, 6.45) is 1.97. The van der Waals surface area contributed by atoms with Gasteiger partial charge in [0.05, 0.1) is 11.0 Å². The molecule has 2 aliphatic rings. The maximum atomic E-state index is 12.7. The highest BCUT2D eigenvalue weighted by atomic mass is 32.1. The number of thiazole rings is 1. The number of likely N-dealkylation sites (tertiary alicyclic amines) is 1. The van der Waals surface area contributed by atoms with E-state index in [-0.39, 0.29) is 11.9 Å². The summed E-state index contributed by atoms with van der Waals surface area (Å²) in [5, 5.41) is 2.76. The van der Waals surface area contributed by atoms with Crippen LogP contribution >= 0.6 is 11.3 Å². The van der Waals surface area contributed by atoms with Crippen LogP contribution in [0.15, 0.2) is 23.6 Å². The summed E-state index contributed by atoms with van der Waals surface area (Å²) >= 11 is 1.51. The SMILES string of the molecule is Cc1nc(C(=O)N2CCC[C@H]2c2ccc3c(c2)OCCO3)cs1. The third kappa shape index (κ3) is 2.67. The largest absolute Gasteiger partial charge is 0.486 e. The van der Waals surface area contributed by atoms with Crippen molar-refractivity contribution in [2.75, 3.05) is 19.8 Å². The van der Waals surface area contributed by atoms with Crippen LogP contribution in [0.4, 0.5) is 0 Å². The van der Waals surface area contributed by atoms with Crippen LogP contribution in [0.25, 0.3) is 0 Å². The van der Waals surface area contributed by atoms with E-state index < -0.39 is 0 Å². The highest BCUT2D eigenvalue weighted by molar-refractivity contribution is 7.09. The van der Waals surface area contributed by atoms with E-state index in [0.29, 0.717) is 18.9 Å². The normalized spacial score (nSPS) is 19.9. The maximum Gasteiger partial charge on any atom is 0.273 e. The van der Waals surface area contributed by atoms with Crippen molar-refractivity contribution in [3.05, 3.63) is 39.8 Å². The van der Waals surface area contributed by atoms with E-state index in [1.807, 2.05) is 35.4 Å². The number of nitrogens with zero attached hydrogens (tertiary/aromatic N) is 2. The van der Waals surface area contributed by atoms with Gasteiger partial charge in [0.2, 0.25) is 0 Å². The number of carbonyl (C=O) groups is 1.